The molecule has 1 unspecified atom stereocenters. The Morgan fingerprint density at radius 2 is 1.96 bits per heavy atom. The molecule has 1 saturated carbocycles. The van der Waals surface area contributed by atoms with Crippen molar-refractivity contribution in [3.63, 3.8) is 0 Å². The fourth-order valence-corrected chi connectivity index (χ4v) is 3.83. The molecule has 3 rings (SSSR count). The quantitative estimate of drug-likeness (QED) is 0.831. The number of benzene rings is 1. The molecule has 1 aromatic carbocycles. The lowest BCUT2D eigenvalue weighted by Gasteiger charge is -2.31. The number of carbonyl (C=O) groups excluding carboxylic acids is 1. The maximum absolute atomic E-state index is 12.9. The van der Waals surface area contributed by atoms with Crippen LogP contribution in [0.4, 0.5) is 5.69 Å². The summed E-state index contributed by atoms with van der Waals surface area (Å²) in [5.74, 6) is 1.48. The van der Waals surface area contributed by atoms with Crippen molar-refractivity contribution in [1.29, 1.82) is 0 Å². The SMILES string of the molecule is CNc1ccc(OCC2(CC3CCCCC3)N=C(N)N(C)C2=O)cc1. The number of likely N-dealkylation sites (N-methyl/N-ethyl adjacent to an activating group) is 1. The number of hydrogen-bond acceptors (Lipinski definition) is 5. The van der Waals surface area contributed by atoms with Gasteiger partial charge in [-0.3, -0.25) is 9.69 Å². The highest BCUT2D eigenvalue weighted by atomic mass is 16.5. The van der Waals surface area contributed by atoms with Gasteiger partial charge in [0.25, 0.3) is 5.91 Å². The van der Waals surface area contributed by atoms with Gasteiger partial charge in [-0.2, -0.15) is 0 Å². The number of nitrogens with two attached hydrogens (primary N) is 1. The zero-order chi connectivity index (χ0) is 17.9. The van der Waals surface area contributed by atoms with Crippen LogP contribution in [0.15, 0.2) is 29.3 Å². The molecule has 1 aromatic rings. The fourth-order valence-electron chi connectivity index (χ4n) is 3.83. The van der Waals surface area contributed by atoms with Crippen LogP contribution < -0.4 is 15.8 Å². The second kappa shape index (κ2) is 7.33. The fraction of sp³-hybridized carbons (Fsp3) is 0.579. The molecule has 1 fully saturated rings. The Kier molecular flexibility index (Phi) is 5.16. The second-order valence-electron chi connectivity index (χ2n) is 7.14. The van der Waals surface area contributed by atoms with Crippen LogP contribution in [0.5, 0.6) is 5.75 Å². The maximum Gasteiger partial charge on any atom is 0.260 e. The summed E-state index contributed by atoms with van der Waals surface area (Å²) in [5.41, 5.74) is 6.08. The lowest BCUT2D eigenvalue weighted by molar-refractivity contribution is -0.132. The highest BCUT2D eigenvalue weighted by molar-refractivity contribution is 6.06. The second-order valence-corrected chi connectivity index (χ2v) is 7.14. The standard InChI is InChI=1S/C19H28N4O2/c1-21-15-8-10-16(11-9-15)25-13-19(12-14-6-4-3-5-7-14)17(24)23(2)18(20)22-19/h8-11,14,21H,3-7,12-13H2,1-2H3,(H2,20,22). The van der Waals surface area contributed by atoms with E-state index in [4.69, 9.17) is 10.5 Å². The summed E-state index contributed by atoms with van der Waals surface area (Å²) in [6.07, 6.45) is 6.78. The number of rotatable bonds is 6. The normalized spacial score (nSPS) is 24.3. The maximum atomic E-state index is 12.9. The third kappa shape index (κ3) is 3.72. The summed E-state index contributed by atoms with van der Waals surface area (Å²) in [4.78, 5) is 18.9. The Bertz CT molecular complexity index is 637. The summed E-state index contributed by atoms with van der Waals surface area (Å²) in [5, 5.41) is 3.08. The Labute approximate surface area is 149 Å². The minimum atomic E-state index is -0.886. The Balaban J connectivity index is 1.75. The van der Waals surface area contributed by atoms with Crippen molar-refractivity contribution in [2.24, 2.45) is 16.6 Å². The molecule has 0 bridgehead atoms. The van der Waals surface area contributed by atoms with E-state index in [0.717, 1.165) is 24.3 Å². The number of nitrogens with one attached hydrogen (secondary N) is 1. The Morgan fingerprint density at radius 3 is 2.52 bits per heavy atom. The van der Waals surface area contributed by atoms with Crippen molar-refractivity contribution in [1.82, 2.24) is 4.90 Å². The van der Waals surface area contributed by atoms with Crippen LogP contribution in [0.3, 0.4) is 0 Å². The lowest BCUT2D eigenvalue weighted by Crippen LogP contribution is -2.47. The van der Waals surface area contributed by atoms with Gasteiger partial charge in [0.15, 0.2) is 11.5 Å². The molecule has 1 aliphatic heterocycles. The molecule has 1 amide bonds. The molecule has 0 saturated heterocycles. The Morgan fingerprint density at radius 1 is 1.28 bits per heavy atom. The van der Waals surface area contributed by atoms with Crippen LogP contribution in [0.1, 0.15) is 38.5 Å². The Hall–Kier alpha value is -2.24. The van der Waals surface area contributed by atoms with Crippen LogP contribution in [0.25, 0.3) is 0 Å². The predicted molar refractivity (Wildman–Crippen MR) is 99.8 cm³/mol. The number of guanidine groups is 1. The number of ether oxygens (including phenoxy) is 1. The first-order valence-corrected chi connectivity index (χ1v) is 9.08. The summed E-state index contributed by atoms with van der Waals surface area (Å²) in [6.45, 7) is 0.228. The van der Waals surface area contributed by atoms with Gasteiger partial charge >= 0.3 is 0 Å². The van der Waals surface area contributed by atoms with E-state index in [9.17, 15) is 4.79 Å². The number of anilines is 1. The van der Waals surface area contributed by atoms with Crippen molar-refractivity contribution < 1.29 is 9.53 Å². The molecule has 0 aromatic heterocycles. The zero-order valence-electron chi connectivity index (χ0n) is 15.1. The van der Waals surface area contributed by atoms with Gasteiger partial charge in [-0.1, -0.05) is 32.1 Å². The minimum Gasteiger partial charge on any atom is -0.490 e. The molecule has 136 valence electrons. The molecule has 3 N–H and O–H groups in total. The average molecular weight is 344 g/mol. The van der Waals surface area contributed by atoms with Gasteiger partial charge in [0, 0.05) is 19.8 Å². The van der Waals surface area contributed by atoms with Crippen LogP contribution in [-0.2, 0) is 4.79 Å². The molecule has 1 heterocycles. The smallest absolute Gasteiger partial charge is 0.260 e. The van der Waals surface area contributed by atoms with Crippen molar-refractivity contribution in [2.75, 3.05) is 26.0 Å². The number of nitrogens with zero attached hydrogens (tertiary/aromatic N) is 2. The first-order chi connectivity index (χ1) is 12.0. The molecule has 6 heteroatoms. The molecular weight excluding hydrogens is 316 g/mol. The molecule has 25 heavy (non-hydrogen) atoms. The van der Waals surface area contributed by atoms with Gasteiger partial charge < -0.3 is 15.8 Å². The first-order valence-electron chi connectivity index (χ1n) is 9.08. The van der Waals surface area contributed by atoms with Gasteiger partial charge in [-0.05, 0) is 36.6 Å². The van der Waals surface area contributed by atoms with Crippen molar-refractivity contribution in [3.8, 4) is 5.75 Å². The predicted octanol–water partition coefficient (Wildman–Crippen LogP) is 2.60. The molecule has 6 nitrogen and oxygen atoms in total. The highest BCUT2D eigenvalue weighted by Gasteiger charge is 2.48. The largest absolute Gasteiger partial charge is 0.490 e. The minimum absolute atomic E-state index is 0.0533. The third-order valence-corrected chi connectivity index (χ3v) is 5.35. The lowest BCUT2D eigenvalue weighted by atomic mass is 9.79. The summed E-state index contributed by atoms with van der Waals surface area (Å²) in [7, 11) is 3.56. The molecule has 2 aliphatic rings. The van der Waals surface area contributed by atoms with Gasteiger partial charge in [-0.25, -0.2) is 4.99 Å². The molecule has 0 spiro atoms. The number of amides is 1. The van der Waals surface area contributed by atoms with Crippen LogP contribution in [-0.4, -0.2) is 43.0 Å². The molecule has 1 aliphatic carbocycles. The average Bonchev–Trinajstić information content (AvgIpc) is 2.85. The number of aliphatic imine (C=N–C) groups is 1. The van der Waals surface area contributed by atoms with Crippen molar-refractivity contribution in [2.45, 2.75) is 44.1 Å². The van der Waals surface area contributed by atoms with Crippen LogP contribution in [0, 0.1) is 5.92 Å². The van der Waals surface area contributed by atoms with E-state index in [1.54, 1.807) is 7.05 Å². The number of hydrogen-bond donors (Lipinski definition) is 2. The van der Waals surface area contributed by atoms with E-state index in [2.05, 4.69) is 10.3 Å². The summed E-state index contributed by atoms with van der Waals surface area (Å²) >= 11 is 0. The van der Waals surface area contributed by atoms with E-state index in [0.29, 0.717) is 12.3 Å². The monoisotopic (exact) mass is 344 g/mol. The van der Waals surface area contributed by atoms with E-state index in [-0.39, 0.29) is 18.5 Å². The van der Waals surface area contributed by atoms with E-state index in [1.807, 2.05) is 31.3 Å². The molecular formula is C19H28N4O2. The van der Waals surface area contributed by atoms with Gasteiger partial charge in [-0.15, -0.1) is 0 Å². The van der Waals surface area contributed by atoms with Crippen LogP contribution in [0.2, 0.25) is 0 Å². The summed E-state index contributed by atoms with van der Waals surface area (Å²) < 4.78 is 5.96. The molecule has 1 atom stereocenters. The topological polar surface area (TPSA) is 80.0 Å². The third-order valence-electron chi connectivity index (χ3n) is 5.35. The van der Waals surface area contributed by atoms with E-state index in [1.165, 1.54) is 24.2 Å². The zero-order valence-corrected chi connectivity index (χ0v) is 15.1. The van der Waals surface area contributed by atoms with Gasteiger partial charge in [0.1, 0.15) is 12.4 Å². The first kappa shape index (κ1) is 17.6. The molecule has 0 radical (unpaired) electrons. The van der Waals surface area contributed by atoms with Crippen molar-refractivity contribution >= 4 is 17.6 Å². The summed E-state index contributed by atoms with van der Waals surface area (Å²) in [6, 6.07) is 7.69. The number of carbonyl (C=O) groups is 1. The van der Waals surface area contributed by atoms with Gasteiger partial charge in [0.05, 0.1) is 0 Å². The van der Waals surface area contributed by atoms with Crippen molar-refractivity contribution in [3.05, 3.63) is 24.3 Å². The van der Waals surface area contributed by atoms with E-state index >= 15 is 0 Å². The van der Waals surface area contributed by atoms with E-state index < -0.39 is 5.54 Å². The van der Waals surface area contributed by atoms with Crippen LogP contribution >= 0.6 is 0 Å². The van der Waals surface area contributed by atoms with Gasteiger partial charge in [0.2, 0.25) is 0 Å². The highest BCUT2D eigenvalue weighted by Crippen LogP contribution is 2.36.